The number of hydrogen-bond donors (Lipinski definition) is 0. The first-order valence-corrected chi connectivity index (χ1v) is 5.27. The number of para-hydroxylation sites is 2. The lowest BCUT2D eigenvalue weighted by molar-refractivity contribution is 0.0670. The number of benzene rings is 1. The molecule has 0 spiro atoms. The largest absolute Gasteiger partial charge is 0.493 e. The molecule has 1 heterocycles. The molecule has 15 heavy (non-hydrogen) atoms. The summed E-state index contributed by atoms with van der Waals surface area (Å²) in [5.74, 6) is 1.56. The predicted molar refractivity (Wildman–Crippen MR) is 57.5 cm³/mol. The zero-order chi connectivity index (χ0) is 10.5. The van der Waals surface area contributed by atoms with Crippen molar-refractivity contribution in [1.29, 1.82) is 0 Å². The van der Waals surface area contributed by atoms with E-state index in [4.69, 9.17) is 14.2 Å². The van der Waals surface area contributed by atoms with Gasteiger partial charge in [-0.25, -0.2) is 0 Å². The quantitative estimate of drug-likeness (QED) is 0.759. The van der Waals surface area contributed by atoms with Gasteiger partial charge >= 0.3 is 0 Å². The van der Waals surface area contributed by atoms with Crippen LogP contribution in [0.5, 0.6) is 11.5 Å². The van der Waals surface area contributed by atoms with E-state index in [0.717, 1.165) is 30.9 Å². The lowest BCUT2D eigenvalue weighted by atomic mass is 10.2. The Labute approximate surface area is 90.0 Å². The maximum Gasteiger partial charge on any atom is 0.161 e. The van der Waals surface area contributed by atoms with Crippen LogP contribution in [0, 0.1) is 0 Å². The van der Waals surface area contributed by atoms with Crippen molar-refractivity contribution in [2.24, 2.45) is 0 Å². The van der Waals surface area contributed by atoms with E-state index >= 15 is 0 Å². The van der Waals surface area contributed by atoms with E-state index in [-0.39, 0.29) is 6.10 Å². The average Bonchev–Trinajstić information content (AvgIpc) is 2.79. The molecular formula is C12H16O3. The predicted octanol–water partition coefficient (Wildman–Crippen LogP) is 2.25. The average molecular weight is 208 g/mol. The standard InChI is InChI=1S/C12H16O3/c1-13-11-6-2-3-7-12(11)15-9-10-5-4-8-14-10/h2-3,6-7,10H,4-5,8-9H2,1H3. The first-order chi connectivity index (χ1) is 7.40. The SMILES string of the molecule is COc1ccccc1OCC1CCCO1. The highest BCUT2D eigenvalue weighted by Crippen LogP contribution is 2.26. The minimum Gasteiger partial charge on any atom is -0.493 e. The first kappa shape index (κ1) is 10.3. The summed E-state index contributed by atoms with van der Waals surface area (Å²) in [5, 5.41) is 0. The van der Waals surface area contributed by atoms with Gasteiger partial charge in [0.05, 0.1) is 13.2 Å². The topological polar surface area (TPSA) is 27.7 Å². The summed E-state index contributed by atoms with van der Waals surface area (Å²) in [6.07, 6.45) is 2.48. The van der Waals surface area contributed by atoms with Crippen molar-refractivity contribution >= 4 is 0 Å². The highest BCUT2D eigenvalue weighted by molar-refractivity contribution is 5.39. The monoisotopic (exact) mass is 208 g/mol. The Hall–Kier alpha value is -1.22. The molecule has 1 aliphatic heterocycles. The molecule has 1 fully saturated rings. The lowest BCUT2D eigenvalue weighted by Crippen LogP contribution is -2.16. The highest BCUT2D eigenvalue weighted by Gasteiger charge is 2.16. The molecule has 0 amide bonds. The van der Waals surface area contributed by atoms with Crippen LogP contribution in [0.4, 0.5) is 0 Å². The van der Waals surface area contributed by atoms with Crippen LogP contribution < -0.4 is 9.47 Å². The molecule has 0 aliphatic carbocycles. The molecule has 1 aliphatic rings. The van der Waals surface area contributed by atoms with Gasteiger partial charge in [-0.2, -0.15) is 0 Å². The number of methoxy groups -OCH3 is 1. The van der Waals surface area contributed by atoms with Gasteiger partial charge in [0.2, 0.25) is 0 Å². The summed E-state index contributed by atoms with van der Waals surface area (Å²) in [6, 6.07) is 7.67. The first-order valence-electron chi connectivity index (χ1n) is 5.27. The van der Waals surface area contributed by atoms with Gasteiger partial charge < -0.3 is 14.2 Å². The van der Waals surface area contributed by atoms with E-state index in [9.17, 15) is 0 Å². The highest BCUT2D eigenvalue weighted by atomic mass is 16.5. The van der Waals surface area contributed by atoms with Crippen LogP contribution in [0.3, 0.4) is 0 Å². The fourth-order valence-corrected chi connectivity index (χ4v) is 1.70. The molecule has 1 unspecified atom stereocenters. The fourth-order valence-electron chi connectivity index (χ4n) is 1.70. The summed E-state index contributed by atoms with van der Waals surface area (Å²) in [4.78, 5) is 0. The van der Waals surface area contributed by atoms with Crippen molar-refractivity contribution in [2.45, 2.75) is 18.9 Å². The summed E-state index contributed by atoms with van der Waals surface area (Å²) < 4.78 is 16.3. The van der Waals surface area contributed by atoms with Gasteiger partial charge in [-0.3, -0.25) is 0 Å². The Morgan fingerprint density at radius 1 is 1.33 bits per heavy atom. The summed E-state index contributed by atoms with van der Waals surface area (Å²) in [6.45, 7) is 1.47. The van der Waals surface area contributed by atoms with Gasteiger partial charge in [-0.05, 0) is 25.0 Å². The van der Waals surface area contributed by atoms with Crippen molar-refractivity contribution < 1.29 is 14.2 Å². The molecule has 0 bridgehead atoms. The Morgan fingerprint density at radius 3 is 2.80 bits per heavy atom. The van der Waals surface area contributed by atoms with Gasteiger partial charge in [-0.15, -0.1) is 0 Å². The van der Waals surface area contributed by atoms with E-state index in [1.54, 1.807) is 7.11 Å². The second-order valence-corrected chi connectivity index (χ2v) is 3.60. The van der Waals surface area contributed by atoms with E-state index in [0.29, 0.717) is 6.61 Å². The molecule has 1 saturated heterocycles. The maximum absolute atomic E-state index is 5.66. The van der Waals surface area contributed by atoms with Crippen LogP contribution >= 0.6 is 0 Å². The van der Waals surface area contributed by atoms with Crippen molar-refractivity contribution in [2.75, 3.05) is 20.3 Å². The third kappa shape index (κ3) is 2.63. The zero-order valence-corrected chi connectivity index (χ0v) is 8.94. The Kier molecular flexibility index (Phi) is 3.45. The molecule has 0 N–H and O–H groups in total. The Bertz CT molecular complexity index is 305. The molecule has 0 radical (unpaired) electrons. The Morgan fingerprint density at radius 2 is 2.13 bits per heavy atom. The number of ether oxygens (including phenoxy) is 3. The summed E-state index contributed by atoms with van der Waals surface area (Å²) in [5.41, 5.74) is 0. The van der Waals surface area contributed by atoms with Gasteiger partial charge in [0.1, 0.15) is 6.61 Å². The molecule has 1 aromatic carbocycles. The third-order valence-electron chi connectivity index (χ3n) is 2.52. The Balaban J connectivity index is 1.91. The van der Waals surface area contributed by atoms with Crippen LogP contribution in [0.25, 0.3) is 0 Å². The smallest absolute Gasteiger partial charge is 0.161 e. The maximum atomic E-state index is 5.66. The van der Waals surface area contributed by atoms with Gasteiger partial charge in [-0.1, -0.05) is 12.1 Å². The van der Waals surface area contributed by atoms with Crippen molar-refractivity contribution in [1.82, 2.24) is 0 Å². The minimum atomic E-state index is 0.245. The zero-order valence-electron chi connectivity index (χ0n) is 8.94. The van der Waals surface area contributed by atoms with E-state index < -0.39 is 0 Å². The van der Waals surface area contributed by atoms with Gasteiger partial charge in [0.25, 0.3) is 0 Å². The molecule has 1 aromatic rings. The number of rotatable bonds is 4. The second kappa shape index (κ2) is 5.03. The minimum absolute atomic E-state index is 0.245. The van der Waals surface area contributed by atoms with Crippen LogP contribution in [0.1, 0.15) is 12.8 Å². The van der Waals surface area contributed by atoms with Crippen molar-refractivity contribution in [3.8, 4) is 11.5 Å². The summed E-state index contributed by atoms with van der Waals surface area (Å²) >= 11 is 0. The van der Waals surface area contributed by atoms with Crippen molar-refractivity contribution in [3.05, 3.63) is 24.3 Å². The lowest BCUT2D eigenvalue weighted by Gasteiger charge is -2.13. The normalized spacial score (nSPS) is 20.2. The van der Waals surface area contributed by atoms with Crippen LogP contribution in [0.2, 0.25) is 0 Å². The molecule has 3 nitrogen and oxygen atoms in total. The van der Waals surface area contributed by atoms with Gasteiger partial charge in [0.15, 0.2) is 11.5 Å². The fraction of sp³-hybridized carbons (Fsp3) is 0.500. The van der Waals surface area contributed by atoms with Crippen LogP contribution in [-0.2, 0) is 4.74 Å². The molecule has 82 valence electrons. The van der Waals surface area contributed by atoms with Crippen LogP contribution in [0.15, 0.2) is 24.3 Å². The van der Waals surface area contributed by atoms with E-state index in [1.165, 1.54) is 0 Å². The van der Waals surface area contributed by atoms with E-state index in [1.807, 2.05) is 24.3 Å². The summed E-state index contributed by atoms with van der Waals surface area (Å²) in [7, 11) is 1.65. The molecule has 3 heteroatoms. The number of hydrogen-bond acceptors (Lipinski definition) is 3. The molecule has 0 aromatic heterocycles. The molecular weight excluding hydrogens is 192 g/mol. The molecule has 2 rings (SSSR count). The van der Waals surface area contributed by atoms with E-state index in [2.05, 4.69) is 0 Å². The second-order valence-electron chi connectivity index (χ2n) is 3.60. The molecule has 1 atom stereocenters. The van der Waals surface area contributed by atoms with Crippen LogP contribution in [-0.4, -0.2) is 26.4 Å². The van der Waals surface area contributed by atoms with Crippen molar-refractivity contribution in [3.63, 3.8) is 0 Å². The van der Waals surface area contributed by atoms with Gasteiger partial charge in [0, 0.05) is 6.61 Å². The molecule has 0 saturated carbocycles. The third-order valence-corrected chi connectivity index (χ3v) is 2.52.